The van der Waals surface area contributed by atoms with Crippen molar-refractivity contribution >= 4 is 5.91 Å². The van der Waals surface area contributed by atoms with E-state index in [1.807, 2.05) is 0 Å². The van der Waals surface area contributed by atoms with Gasteiger partial charge < -0.3 is 9.84 Å². The van der Waals surface area contributed by atoms with Crippen LogP contribution >= 0.6 is 0 Å². The molecule has 0 saturated carbocycles. The Morgan fingerprint density at radius 2 is 2.06 bits per heavy atom. The van der Waals surface area contributed by atoms with Gasteiger partial charge in [-0.2, -0.15) is 0 Å². The Labute approximate surface area is 110 Å². The van der Waals surface area contributed by atoms with Gasteiger partial charge in [-0.1, -0.05) is 33.6 Å². The van der Waals surface area contributed by atoms with Gasteiger partial charge in [-0.25, -0.2) is 5.84 Å². The van der Waals surface area contributed by atoms with Crippen LogP contribution in [0.4, 0.5) is 0 Å². The minimum Gasteiger partial charge on any atom is -0.391 e. The molecular formula is C13H28N2O3. The van der Waals surface area contributed by atoms with Gasteiger partial charge in [0.2, 0.25) is 5.91 Å². The first kappa shape index (κ1) is 17.4. The molecule has 0 aromatic carbocycles. The highest BCUT2D eigenvalue weighted by Crippen LogP contribution is 2.15. The number of carbonyl (C=O) groups excluding carboxylic acids is 1. The molecule has 0 aromatic heterocycles. The van der Waals surface area contributed by atoms with Gasteiger partial charge in [0.05, 0.1) is 12.7 Å². The minimum atomic E-state index is -0.608. The highest BCUT2D eigenvalue weighted by molar-refractivity contribution is 5.77. The lowest BCUT2D eigenvalue weighted by atomic mass is 9.95. The normalized spacial score (nSPS) is 14.6. The summed E-state index contributed by atoms with van der Waals surface area (Å²) in [4.78, 5) is 11.5. The van der Waals surface area contributed by atoms with E-state index >= 15 is 0 Å². The van der Waals surface area contributed by atoms with E-state index in [4.69, 9.17) is 10.6 Å². The summed E-state index contributed by atoms with van der Waals surface area (Å²) in [7, 11) is 0. The van der Waals surface area contributed by atoms with Gasteiger partial charge in [-0.05, 0) is 18.8 Å². The van der Waals surface area contributed by atoms with Crippen molar-refractivity contribution in [1.29, 1.82) is 0 Å². The van der Waals surface area contributed by atoms with E-state index in [0.717, 1.165) is 19.3 Å². The van der Waals surface area contributed by atoms with Crippen LogP contribution in [0.1, 0.15) is 46.5 Å². The minimum absolute atomic E-state index is 0.202. The number of aliphatic hydroxyl groups is 1. The molecule has 0 fully saturated rings. The average molecular weight is 260 g/mol. The van der Waals surface area contributed by atoms with Crippen molar-refractivity contribution in [2.75, 3.05) is 13.2 Å². The number of aliphatic hydroxyl groups excluding tert-OH is 1. The Balaban J connectivity index is 4.01. The third-order valence-corrected chi connectivity index (χ3v) is 2.74. The number of rotatable bonds is 10. The maximum atomic E-state index is 11.5. The number of hydrogen-bond acceptors (Lipinski definition) is 4. The number of hydrogen-bond donors (Lipinski definition) is 3. The number of amides is 1. The third-order valence-electron chi connectivity index (χ3n) is 2.74. The van der Waals surface area contributed by atoms with Crippen molar-refractivity contribution < 1.29 is 14.6 Å². The van der Waals surface area contributed by atoms with E-state index in [1.165, 1.54) is 0 Å². The Kier molecular flexibility index (Phi) is 9.92. The van der Waals surface area contributed by atoms with Gasteiger partial charge in [0.25, 0.3) is 0 Å². The van der Waals surface area contributed by atoms with Gasteiger partial charge in [-0.3, -0.25) is 10.2 Å². The smallest absolute Gasteiger partial charge is 0.237 e. The van der Waals surface area contributed by atoms with Gasteiger partial charge in [0.15, 0.2) is 0 Å². The first-order valence-corrected chi connectivity index (χ1v) is 6.77. The van der Waals surface area contributed by atoms with E-state index in [9.17, 15) is 9.90 Å². The molecule has 4 N–H and O–H groups in total. The molecular weight excluding hydrogens is 232 g/mol. The standard InChI is InChI=1S/C13H28N2O3/c1-4-5-6-11(13(17)15-14)7-12(16)9-18-8-10(2)3/h10-12,16H,4-9,14H2,1-3H3,(H,15,17)/t11-,12-/m1/s1. The summed E-state index contributed by atoms with van der Waals surface area (Å²) in [5.41, 5.74) is 2.16. The van der Waals surface area contributed by atoms with E-state index < -0.39 is 6.10 Å². The van der Waals surface area contributed by atoms with Crippen molar-refractivity contribution in [2.45, 2.75) is 52.6 Å². The van der Waals surface area contributed by atoms with Crippen LogP contribution in [0.5, 0.6) is 0 Å². The summed E-state index contributed by atoms with van der Waals surface area (Å²) in [5.74, 6) is 5.16. The van der Waals surface area contributed by atoms with Crippen LogP contribution in [0.3, 0.4) is 0 Å². The van der Waals surface area contributed by atoms with Crippen LogP contribution in [-0.4, -0.2) is 30.3 Å². The molecule has 0 aromatic rings. The molecule has 0 aliphatic heterocycles. The maximum Gasteiger partial charge on any atom is 0.237 e. The molecule has 108 valence electrons. The Bertz CT molecular complexity index is 222. The zero-order chi connectivity index (χ0) is 14.0. The molecule has 5 heteroatoms. The Morgan fingerprint density at radius 3 is 2.56 bits per heavy atom. The zero-order valence-corrected chi connectivity index (χ0v) is 11.8. The van der Waals surface area contributed by atoms with Crippen molar-refractivity contribution in [1.82, 2.24) is 5.43 Å². The van der Waals surface area contributed by atoms with Crippen LogP contribution in [-0.2, 0) is 9.53 Å². The molecule has 0 unspecified atom stereocenters. The summed E-state index contributed by atoms with van der Waals surface area (Å²) in [6.07, 6.45) is 2.52. The highest BCUT2D eigenvalue weighted by Gasteiger charge is 2.21. The fourth-order valence-corrected chi connectivity index (χ4v) is 1.76. The Hall–Kier alpha value is -0.650. The number of nitrogens with two attached hydrogens (primary N) is 1. The van der Waals surface area contributed by atoms with E-state index in [0.29, 0.717) is 18.9 Å². The molecule has 0 aliphatic carbocycles. The molecule has 0 saturated heterocycles. The molecule has 0 bridgehead atoms. The summed E-state index contributed by atoms with van der Waals surface area (Å²) in [6.45, 7) is 7.08. The third kappa shape index (κ3) is 8.44. The second-order valence-electron chi connectivity index (χ2n) is 5.17. The van der Waals surface area contributed by atoms with E-state index in [1.54, 1.807) is 0 Å². The highest BCUT2D eigenvalue weighted by atomic mass is 16.5. The molecule has 0 heterocycles. The zero-order valence-electron chi connectivity index (χ0n) is 11.8. The molecule has 5 nitrogen and oxygen atoms in total. The van der Waals surface area contributed by atoms with Crippen molar-refractivity contribution in [3.8, 4) is 0 Å². The molecule has 1 amide bonds. The Morgan fingerprint density at radius 1 is 1.39 bits per heavy atom. The number of ether oxygens (including phenoxy) is 1. The molecule has 2 atom stereocenters. The predicted octanol–water partition coefficient (Wildman–Crippen LogP) is 1.21. The summed E-state index contributed by atoms with van der Waals surface area (Å²) in [6, 6.07) is 0. The SMILES string of the molecule is CCCC[C@H](C[C@@H](O)COCC(C)C)C(=O)NN. The number of unbranched alkanes of at least 4 members (excludes halogenated alkanes) is 1. The second-order valence-corrected chi connectivity index (χ2v) is 5.17. The monoisotopic (exact) mass is 260 g/mol. The molecule has 0 aliphatic rings. The van der Waals surface area contributed by atoms with Crippen molar-refractivity contribution in [3.63, 3.8) is 0 Å². The van der Waals surface area contributed by atoms with Gasteiger partial charge in [0.1, 0.15) is 0 Å². The lowest BCUT2D eigenvalue weighted by Crippen LogP contribution is -2.38. The topological polar surface area (TPSA) is 84.6 Å². The van der Waals surface area contributed by atoms with Gasteiger partial charge >= 0.3 is 0 Å². The fraction of sp³-hybridized carbons (Fsp3) is 0.923. The van der Waals surface area contributed by atoms with Crippen LogP contribution in [0.15, 0.2) is 0 Å². The van der Waals surface area contributed by atoms with Crippen molar-refractivity contribution in [2.24, 2.45) is 17.7 Å². The summed E-state index contributed by atoms with van der Waals surface area (Å²) >= 11 is 0. The summed E-state index contributed by atoms with van der Waals surface area (Å²) in [5, 5.41) is 9.83. The van der Waals surface area contributed by atoms with Crippen LogP contribution in [0, 0.1) is 11.8 Å². The van der Waals surface area contributed by atoms with E-state index in [2.05, 4.69) is 26.2 Å². The van der Waals surface area contributed by atoms with Crippen LogP contribution < -0.4 is 11.3 Å². The van der Waals surface area contributed by atoms with Crippen molar-refractivity contribution in [3.05, 3.63) is 0 Å². The van der Waals surface area contributed by atoms with Gasteiger partial charge in [-0.15, -0.1) is 0 Å². The average Bonchev–Trinajstić information content (AvgIpc) is 2.32. The second kappa shape index (κ2) is 10.3. The number of carbonyl (C=O) groups is 1. The number of nitrogens with one attached hydrogen (secondary N) is 1. The molecule has 0 spiro atoms. The van der Waals surface area contributed by atoms with Gasteiger partial charge in [0, 0.05) is 12.5 Å². The maximum absolute atomic E-state index is 11.5. The van der Waals surface area contributed by atoms with Crippen LogP contribution in [0.25, 0.3) is 0 Å². The largest absolute Gasteiger partial charge is 0.391 e. The number of hydrazine groups is 1. The molecule has 0 rings (SSSR count). The lowest BCUT2D eigenvalue weighted by Gasteiger charge is -2.19. The van der Waals surface area contributed by atoms with Crippen LogP contribution in [0.2, 0.25) is 0 Å². The molecule has 18 heavy (non-hydrogen) atoms. The first-order valence-electron chi connectivity index (χ1n) is 6.77. The molecule has 0 radical (unpaired) electrons. The quantitative estimate of drug-likeness (QED) is 0.313. The first-order chi connectivity index (χ1) is 8.51. The summed E-state index contributed by atoms with van der Waals surface area (Å²) < 4.78 is 5.36. The fourth-order valence-electron chi connectivity index (χ4n) is 1.76. The van der Waals surface area contributed by atoms with E-state index in [-0.39, 0.29) is 18.4 Å². The predicted molar refractivity (Wildman–Crippen MR) is 71.6 cm³/mol. The lowest BCUT2D eigenvalue weighted by molar-refractivity contribution is -0.126.